The van der Waals surface area contributed by atoms with Crippen LogP contribution < -0.4 is 0 Å². The van der Waals surface area contributed by atoms with Crippen molar-refractivity contribution in [2.45, 2.75) is 0 Å². The zero-order valence-corrected chi connectivity index (χ0v) is 10.8. The van der Waals surface area contributed by atoms with E-state index in [1.54, 1.807) is 0 Å². The van der Waals surface area contributed by atoms with Crippen molar-refractivity contribution in [2.24, 2.45) is 0 Å². The van der Waals surface area contributed by atoms with Gasteiger partial charge in [-0.05, 0) is 0 Å². The third kappa shape index (κ3) is 8.86. The van der Waals surface area contributed by atoms with Gasteiger partial charge in [0.05, 0.1) is 0 Å². The predicted octanol–water partition coefficient (Wildman–Crippen LogP) is 1.85. The van der Waals surface area contributed by atoms with Crippen LogP contribution in [0, 0.1) is 0 Å². The summed E-state index contributed by atoms with van der Waals surface area (Å²) in [5.74, 6) is 0. The average molecular weight is 579 g/mol. The van der Waals surface area contributed by atoms with E-state index >= 15 is 0 Å². The van der Waals surface area contributed by atoms with Crippen LogP contribution >= 0.6 is 71.9 Å². The quantitative estimate of drug-likeness (QED) is 0.385. The number of halogens is 3. The van der Waals surface area contributed by atoms with Gasteiger partial charge in [0.15, 0.2) is 0 Å². The van der Waals surface area contributed by atoms with E-state index in [1.165, 1.54) is 0 Å². The van der Waals surface area contributed by atoms with E-state index in [-0.39, 0.29) is 93.0 Å². The minimum Gasteiger partial charge on any atom is -0.107 e. The van der Waals surface area contributed by atoms with Gasteiger partial charge >= 0.3 is 0 Å². The Morgan fingerprint density at radius 1 is 0.500 bits per heavy atom. The maximum absolute atomic E-state index is 0. The summed E-state index contributed by atoms with van der Waals surface area (Å²) in [4.78, 5) is 0. The summed E-state index contributed by atoms with van der Waals surface area (Å²) >= 11 is 0. The van der Waals surface area contributed by atoms with Crippen LogP contribution in [-0.2, 0) is 21.1 Å². The van der Waals surface area contributed by atoms with Gasteiger partial charge in [-0.2, -0.15) is 0 Å². The molecule has 0 spiro atoms. The fourth-order valence-electron chi connectivity index (χ4n) is 0. The van der Waals surface area contributed by atoms with Gasteiger partial charge < -0.3 is 0 Å². The SMILES string of the molecule is I.I.I.[Pt]. The predicted molar refractivity (Wildman–Crippen MR) is 46.2 cm³/mol. The minimum atomic E-state index is 0. The molecule has 0 aliphatic carbocycles. The van der Waals surface area contributed by atoms with Gasteiger partial charge in [0.2, 0.25) is 0 Å². The molecule has 34 valence electrons. The van der Waals surface area contributed by atoms with Gasteiger partial charge in [0.25, 0.3) is 0 Å². The summed E-state index contributed by atoms with van der Waals surface area (Å²) in [7, 11) is 0. The number of rotatable bonds is 0. The Morgan fingerprint density at radius 2 is 0.500 bits per heavy atom. The van der Waals surface area contributed by atoms with Crippen LogP contribution in [0.1, 0.15) is 0 Å². The van der Waals surface area contributed by atoms with Crippen molar-refractivity contribution in [3.8, 4) is 0 Å². The minimum absolute atomic E-state index is 0. The van der Waals surface area contributed by atoms with E-state index in [9.17, 15) is 0 Å². The molecule has 0 bridgehead atoms. The normalized spacial score (nSPS) is 0. The molecule has 4 heavy (non-hydrogen) atoms. The molecule has 0 aromatic heterocycles. The van der Waals surface area contributed by atoms with Crippen LogP contribution in [0.2, 0.25) is 0 Å². The second-order valence-corrected chi connectivity index (χ2v) is 0. The van der Waals surface area contributed by atoms with Gasteiger partial charge in [-0.3, -0.25) is 0 Å². The number of hydrogen-bond donors (Lipinski definition) is 0. The van der Waals surface area contributed by atoms with Crippen molar-refractivity contribution in [2.75, 3.05) is 0 Å². The van der Waals surface area contributed by atoms with Crippen LogP contribution in [0.3, 0.4) is 0 Å². The molecule has 0 radical (unpaired) electrons. The van der Waals surface area contributed by atoms with Crippen molar-refractivity contribution in [3.63, 3.8) is 0 Å². The van der Waals surface area contributed by atoms with E-state index in [2.05, 4.69) is 0 Å². The topological polar surface area (TPSA) is 0 Å². The number of hydrogen-bond acceptors (Lipinski definition) is 0. The maximum atomic E-state index is 0. The average Bonchev–Trinajstić information content (AvgIpc) is 0. The van der Waals surface area contributed by atoms with Gasteiger partial charge in [0, 0.05) is 21.1 Å². The van der Waals surface area contributed by atoms with E-state index < -0.39 is 0 Å². The molecule has 0 aromatic carbocycles. The second-order valence-electron chi connectivity index (χ2n) is 0. The van der Waals surface area contributed by atoms with E-state index in [4.69, 9.17) is 0 Å². The monoisotopic (exact) mass is 579 g/mol. The molecule has 0 rings (SSSR count). The smallest absolute Gasteiger partial charge is 0 e. The van der Waals surface area contributed by atoms with Gasteiger partial charge in [0.1, 0.15) is 0 Å². The van der Waals surface area contributed by atoms with Crippen molar-refractivity contribution in [1.82, 2.24) is 0 Å². The molecule has 0 atom stereocenters. The van der Waals surface area contributed by atoms with Crippen LogP contribution in [0.15, 0.2) is 0 Å². The van der Waals surface area contributed by atoms with Gasteiger partial charge in [-0.25, -0.2) is 0 Å². The zero-order chi connectivity index (χ0) is 0. The molecule has 0 amide bonds. The largest absolute Gasteiger partial charge is 0.107 e. The van der Waals surface area contributed by atoms with E-state index in [0.29, 0.717) is 0 Å². The molecule has 0 unspecified atom stereocenters. The third-order valence-electron chi connectivity index (χ3n) is 0. The van der Waals surface area contributed by atoms with Crippen LogP contribution in [-0.4, -0.2) is 0 Å². The Balaban J connectivity index is 0. The first-order valence-electron chi connectivity index (χ1n) is 0. The second kappa shape index (κ2) is 16.9. The summed E-state index contributed by atoms with van der Waals surface area (Å²) < 4.78 is 0. The molecule has 4 heteroatoms. The van der Waals surface area contributed by atoms with Crippen molar-refractivity contribution in [1.29, 1.82) is 0 Å². The summed E-state index contributed by atoms with van der Waals surface area (Å²) in [5.41, 5.74) is 0. The van der Waals surface area contributed by atoms with Crippen LogP contribution in [0.25, 0.3) is 0 Å². The standard InChI is InChI=1S/3HI.Pt/h3*1H;. The molecule has 0 nitrogen and oxygen atoms in total. The first-order valence-corrected chi connectivity index (χ1v) is 0. The molecular weight excluding hydrogens is 576 g/mol. The van der Waals surface area contributed by atoms with E-state index in [1.807, 2.05) is 0 Å². The Bertz CT molecular complexity index is 3.25. The van der Waals surface area contributed by atoms with Crippen molar-refractivity contribution in [3.05, 3.63) is 0 Å². The molecule has 0 N–H and O–H groups in total. The van der Waals surface area contributed by atoms with Crippen molar-refractivity contribution < 1.29 is 21.1 Å². The van der Waals surface area contributed by atoms with E-state index in [0.717, 1.165) is 0 Å². The summed E-state index contributed by atoms with van der Waals surface area (Å²) in [5, 5.41) is 0. The molecule has 0 heterocycles. The molecule has 0 aliphatic heterocycles. The summed E-state index contributed by atoms with van der Waals surface area (Å²) in [6.07, 6.45) is 0. The molecule has 0 aliphatic rings. The summed E-state index contributed by atoms with van der Waals surface area (Å²) in [6.45, 7) is 0. The van der Waals surface area contributed by atoms with Gasteiger partial charge in [-0.15, -0.1) is 71.9 Å². The Kier molecular flexibility index (Phi) is 121. The molecular formula is H3I3Pt. The van der Waals surface area contributed by atoms with Crippen LogP contribution in [0.5, 0.6) is 0 Å². The maximum Gasteiger partial charge on any atom is 0 e. The molecule has 0 saturated heterocycles. The Labute approximate surface area is 91.2 Å². The fourth-order valence-corrected chi connectivity index (χ4v) is 0. The first-order chi connectivity index (χ1) is 0. The molecule has 0 fully saturated rings. The first kappa shape index (κ1) is 28.7. The van der Waals surface area contributed by atoms with Crippen LogP contribution in [0.4, 0.5) is 0 Å². The summed E-state index contributed by atoms with van der Waals surface area (Å²) in [6, 6.07) is 0. The Morgan fingerprint density at radius 3 is 0.500 bits per heavy atom. The molecule has 0 saturated carbocycles. The fraction of sp³-hybridized carbons (Fsp3) is 0. The van der Waals surface area contributed by atoms with Gasteiger partial charge in [-0.1, -0.05) is 0 Å². The third-order valence-corrected chi connectivity index (χ3v) is 0. The molecule has 0 aromatic rings. The Hall–Kier alpha value is 2.88. The van der Waals surface area contributed by atoms with Crippen molar-refractivity contribution >= 4 is 71.9 Å². The zero-order valence-electron chi connectivity index (χ0n) is 1.54.